The number of rotatable bonds is 3. The number of aromatic nitrogens is 1. The Labute approximate surface area is 86.5 Å². The molecule has 0 saturated carbocycles. The standard InChI is InChI=1S/C10H12N2OS/c1-13-5-4-7-2-3-9-8(6-7)12-10(11)14-9/h2-3,6H,4-5H2,1H3,(H2,11,12). The van der Waals surface area contributed by atoms with Crippen molar-refractivity contribution in [1.29, 1.82) is 0 Å². The summed E-state index contributed by atoms with van der Waals surface area (Å²) < 4.78 is 6.16. The van der Waals surface area contributed by atoms with Crippen molar-refractivity contribution >= 4 is 26.7 Å². The Balaban J connectivity index is 2.31. The Morgan fingerprint density at radius 2 is 2.36 bits per heavy atom. The number of nitrogens with zero attached hydrogens (tertiary/aromatic N) is 1. The maximum Gasteiger partial charge on any atom is 0.181 e. The van der Waals surface area contributed by atoms with Gasteiger partial charge >= 0.3 is 0 Å². The number of fused-ring (bicyclic) bond motifs is 1. The summed E-state index contributed by atoms with van der Waals surface area (Å²) >= 11 is 1.52. The van der Waals surface area contributed by atoms with Gasteiger partial charge in [0, 0.05) is 7.11 Å². The van der Waals surface area contributed by atoms with Crippen LogP contribution in [0.1, 0.15) is 5.56 Å². The van der Waals surface area contributed by atoms with Crippen LogP contribution in [0.4, 0.5) is 5.13 Å². The minimum Gasteiger partial charge on any atom is -0.384 e. The van der Waals surface area contributed by atoms with Crippen molar-refractivity contribution in [2.75, 3.05) is 19.5 Å². The Kier molecular flexibility index (Phi) is 2.65. The molecule has 0 fully saturated rings. The molecule has 0 atom stereocenters. The molecule has 0 aliphatic rings. The first-order valence-electron chi connectivity index (χ1n) is 4.43. The molecule has 14 heavy (non-hydrogen) atoms. The highest BCUT2D eigenvalue weighted by atomic mass is 32.1. The predicted molar refractivity (Wildman–Crippen MR) is 59.6 cm³/mol. The van der Waals surface area contributed by atoms with E-state index in [9.17, 15) is 0 Å². The number of methoxy groups -OCH3 is 1. The number of nitrogen functional groups attached to an aromatic ring is 1. The molecule has 2 rings (SSSR count). The van der Waals surface area contributed by atoms with E-state index in [2.05, 4.69) is 23.2 Å². The second kappa shape index (κ2) is 3.94. The topological polar surface area (TPSA) is 48.1 Å². The summed E-state index contributed by atoms with van der Waals surface area (Å²) in [4.78, 5) is 4.24. The van der Waals surface area contributed by atoms with Gasteiger partial charge in [-0.1, -0.05) is 17.4 Å². The lowest BCUT2D eigenvalue weighted by Gasteiger charge is -1.99. The summed E-state index contributed by atoms with van der Waals surface area (Å²) in [5.74, 6) is 0. The predicted octanol–water partition coefficient (Wildman–Crippen LogP) is 2.07. The van der Waals surface area contributed by atoms with Crippen molar-refractivity contribution in [1.82, 2.24) is 4.98 Å². The third-order valence-electron chi connectivity index (χ3n) is 2.06. The Morgan fingerprint density at radius 1 is 1.50 bits per heavy atom. The van der Waals surface area contributed by atoms with Crippen molar-refractivity contribution in [3.05, 3.63) is 23.8 Å². The molecule has 1 aromatic heterocycles. The monoisotopic (exact) mass is 208 g/mol. The third-order valence-corrected chi connectivity index (χ3v) is 2.93. The summed E-state index contributed by atoms with van der Waals surface area (Å²) in [5, 5.41) is 0.629. The number of anilines is 1. The molecule has 0 spiro atoms. The van der Waals surface area contributed by atoms with Crippen LogP contribution in [0.25, 0.3) is 10.2 Å². The number of hydrogen-bond acceptors (Lipinski definition) is 4. The number of nitrogens with two attached hydrogens (primary N) is 1. The summed E-state index contributed by atoms with van der Waals surface area (Å²) in [6, 6.07) is 6.23. The molecule has 2 aromatic rings. The van der Waals surface area contributed by atoms with Gasteiger partial charge in [0.15, 0.2) is 5.13 Å². The zero-order valence-electron chi connectivity index (χ0n) is 7.99. The Morgan fingerprint density at radius 3 is 3.14 bits per heavy atom. The van der Waals surface area contributed by atoms with Crippen molar-refractivity contribution in [3.8, 4) is 0 Å². The van der Waals surface area contributed by atoms with E-state index in [4.69, 9.17) is 10.5 Å². The van der Waals surface area contributed by atoms with Crippen LogP contribution in [0.2, 0.25) is 0 Å². The van der Waals surface area contributed by atoms with Gasteiger partial charge in [-0.25, -0.2) is 4.98 Å². The highest BCUT2D eigenvalue weighted by Gasteiger charge is 2.01. The molecular weight excluding hydrogens is 196 g/mol. The lowest BCUT2D eigenvalue weighted by molar-refractivity contribution is 0.202. The largest absolute Gasteiger partial charge is 0.384 e. The number of hydrogen-bond donors (Lipinski definition) is 1. The third kappa shape index (κ3) is 1.86. The summed E-state index contributed by atoms with van der Waals surface area (Å²) in [6.45, 7) is 0.741. The van der Waals surface area contributed by atoms with E-state index >= 15 is 0 Å². The van der Waals surface area contributed by atoms with Crippen LogP contribution in [0.15, 0.2) is 18.2 Å². The zero-order chi connectivity index (χ0) is 9.97. The summed E-state index contributed by atoms with van der Waals surface area (Å²) in [5.41, 5.74) is 7.85. The first-order valence-corrected chi connectivity index (χ1v) is 5.25. The van der Waals surface area contributed by atoms with Crippen molar-refractivity contribution in [2.24, 2.45) is 0 Å². The fourth-order valence-electron chi connectivity index (χ4n) is 1.37. The smallest absolute Gasteiger partial charge is 0.181 e. The highest BCUT2D eigenvalue weighted by molar-refractivity contribution is 7.22. The fraction of sp³-hybridized carbons (Fsp3) is 0.300. The van der Waals surface area contributed by atoms with Crippen LogP contribution in [0, 0.1) is 0 Å². The van der Waals surface area contributed by atoms with Gasteiger partial charge in [0.2, 0.25) is 0 Å². The minimum absolute atomic E-state index is 0.629. The minimum atomic E-state index is 0.629. The molecule has 2 N–H and O–H groups in total. The van der Waals surface area contributed by atoms with Gasteiger partial charge in [0.05, 0.1) is 16.8 Å². The Bertz CT molecular complexity index is 439. The Hall–Kier alpha value is -1.13. The maximum absolute atomic E-state index is 5.62. The lowest BCUT2D eigenvalue weighted by atomic mass is 10.1. The van der Waals surface area contributed by atoms with Crippen LogP contribution in [-0.4, -0.2) is 18.7 Å². The van der Waals surface area contributed by atoms with Gasteiger partial charge in [0.25, 0.3) is 0 Å². The van der Waals surface area contributed by atoms with Gasteiger partial charge in [-0.05, 0) is 24.1 Å². The molecule has 3 nitrogen and oxygen atoms in total. The zero-order valence-corrected chi connectivity index (χ0v) is 8.80. The molecule has 0 radical (unpaired) electrons. The lowest BCUT2D eigenvalue weighted by Crippen LogP contribution is -1.93. The van der Waals surface area contributed by atoms with E-state index in [0.717, 1.165) is 23.2 Å². The quantitative estimate of drug-likeness (QED) is 0.840. The number of thiazole rings is 1. The average Bonchev–Trinajstić information content (AvgIpc) is 2.54. The first-order chi connectivity index (χ1) is 6.79. The second-order valence-electron chi connectivity index (χ2n) is 3.10. The average molecular weight is 208 g/mol. The molecule has 0 aliphatic heterocycles. The highest BCUT2D eigenvalue weighted by Crippen LogP contribution is 2.24. The molecular formula is C10H12N2OS. The van der Waals surface area contributed by atoms with Gasteiger partial charge in [-0.2, -0.15) is 0 Å². The normalized spacial score (nSPS) is 10.9. The summed E-state index contributed by atoms with van der Waals surface area (Å²) in [7, 11) is 1.71. The molecule has 0 saturated heterocycles. The maximum atomic E-state index is 5.62. The van der Waals surface area contributed by atoms with Crippen molar-refractivity contribution < 1.29 is 4.74 Å². The van der Waals surface area contributed by atoms with E-state index in [1.54, 1.807) is 7.11 Å². The molecule has 0 amide bonds. The number of benzene rings is 1. The molecule has 4 heteroatoms. The van der Waals surface area contributed by atoms with Crippen LogP contribution < -0.4 is 5.73 Å². The van der Waals surface area contributed by atoms with Crippen LogP contribution >= 0.6 is 11.3 Å². The van der Waals surface area contributed by atoms with Gasteiger partial charge < -0.3 is 10.5 Å². The van der Waals surface area contributed by atoms with Crippen LogP contribution in [0.5, 0.6) is 0 Å². The van der Waals surface area contributed by atoms with E-state index < -0.39 is 0 Å². The molecule has 1 aromatic carbocycles. The van der Waals surface area contributed by atoms with Gasteiger partial charge in [-0.3, -0.25) is 0 Å². The SMILES string of the molecule is COCCc1ccc2sc(N)nc2c1. The summed E-state index contributed by atoms with van der Waals surface area (Å²) in [6.07, 6.45) is 0.921. The molecule has 74 valence electrons. The van der Waals surface area contributed by atoms with Crippen LogP contribution in [-0.2, 0) is 11.2 Å². The van der Waals surface area contributed by atoms with E-state index in [0.29, 0.717) is 5.13 Å². The van der Waals surface area contributed by atoms with Gasteiger partial charge in [0.1, 0.15) is 0 Å². The van der Waals surface area contributed by atoms with E-state index in [-0.39, 0.29) is 0 Å². The fourth-order valence-corrected chi connectivity index (χ4v) is 2.08. The second-order valence-corrected chi connectivity index (χ2v) is 4.16. The molecule has 0 aliphatic carbocycles. The molecule has 1 heterocycles. The van der Waals surface area contributed by atoms with Crippen molar-refractivity contribution in [2.45, 2.75) is 6.42 Å². The van der Waals surface area contributed by atoms with E-state index in [1.165, 1.54) is 16.9 Å². The van der Waals surface area contributed by atoms with Crippen LogP contribution in [0.3, 0.4) is 0 Å². The molecule has 0 bridgehead atoms. The number of ether oxygens (including phenoxy) is 1. The molecule has 0 unspecified atom stereocenters. The first kappa shape index (κ1) is 9.43. The van der Waals surface area contributed by atoms with E-state index in [1.807, 2.05) is 0 Å². The van der Waals surface area contributed by atoms with Gasteiger partial charge in [-0.15, -0.1) is 0 Å². The van der Waals surface area contributed by atoms with Crippen molar-refractivity contribution in [3.63, 3.8) is 0 Å².